The van der Waals surface area contributed by atoms with Crippen LogP contribution in [0.25, 0.3) is 0 Å². The van der Waals surface area contributed by atoms with E-state index in [-0.39, 0.29) is 12.1 Å². The highest BCUT2D eigenvalue weighted by atomic mass is 79.9. The van der Waals surface area contributed by atoms with Gasteiger partial charge in [-0.15, -0.1) is 0 Å². The summed E-state index contributed by atoms with van der Waals surface area (Å²) in [5, 5.41) is 12.9. The molecule has 6 heteroatoms. The molecule has 2 N–H and O–H groups in total. The first kappa shape index (κ1) is 16.6. The van der Waals surface area contributed by atoms with E-state index >= 15 is 0 Å². The Labute approximate surface area is 135 Å². The van der Waals surface area contributed by atoms with Gasteiger partial charge in [-0.2, -0.15) is 0 Å². The van der Waals surface area contributed by atoms with Gasteiger partial charge in [0.05, 0.1) is 6.54 Å². The van der Waals surface area contributed by atoms with Crippen molar-refractivity contribution in [1.82, 2.24) is 5.32 Å². The van der Waals surface area contributed by atoms with Crippen LogP contribution in [0.2, 0.25) is 0 Å². The minimum absolute atomic E-state index is 0.00879. The molecule has 0 heterocycles. The molecule has 0 fully saturated rings. The van der Waals surface area contributed by atoms with Gasteiger partial charge in [0.1, 0.15) is 5.60 Å². The number of carbonyl (C=O) groups excluding carboxylic acids is 1. The molecule has 0 aromatic heterocycles. The molecule has 0 aliphatic carbocycles. The highest BCUT2D eigenvalue weighted by Gasteiger charge is 2.24. The minimum atomic E-state index is -1.28. The zero-order valence-corrected chi connectivity index (χ0v) is 13.3. The van der Waals surface area contributed by atoms with E-state index in [0.717, 1.165) is 16.6 Å². The van der Waals surface area contributed by atoms with Crippen molar-refractivity contribution < 1.29 is 18.7 Å². The number of aliphatic hydroxyl groups is 1. The van der Waals surface area contributed by atoms with Crippen LogP contribution in [-0.4, -0.2) is 17.6 Å². The molecule has 0 bridgehead atoms. The van der Waals surface area contributed by atoms with E-state index in [1.807, 2.05) is 0 Å². The summed E-state index contributed by atoms with van der Waals surface area (Å²) in [6.07, 6.45) is 0. The number of hydrogen-bond acceptors (Lipinski definition) is 2. The van der Waals surface area contributed by atoms with E-state index in [4.69, 9.17) is 0 Å². The second kappa shape index (κ2) is 6.54. The van der Waals surface area contributed by atoms with Crippen LogP contribution in [-0.2, 0) is 5.60 Å². The Kier molecular flexibility index (Phi) is 4.93. The number of nitrogens with one attached hydrogen (secondary N) is 1. The number of hydrogen-bond donors (Lipinski definition) is 2. The Morgan fingerprint density at radius 2 is 1.82 bits per heavy atom. The predicted molar refractivity (Wildman–Crippen MR) is 82.4 cm³/mol. The first-order valence-corrected chi connectivity index (χ1v) is 7.30. The summed E-state index contributed by atoms with van der Waals surface area (Å²) in [4.78, 5) is 11.9. The van der Waals surface area contributed by atoms with Gasteiger partial charge in [-0.25, -0.2) is 8.78 Å². The second-order valence-corrected chi connectivity index (χ2v) is 6.01. The SMILES string of the molecule is CC(O)(CNC(=O)c1ccc(F)c(F)c1)c1ccc(Br)cc1. The van der Waals surface area contributed by atoms with Gasteiger partial charge in [0.2, 0.25) is 0 Å². The number of halogens is 3. The third kappa shape index (κ3) is 3.90. The van der Waals surface area contributed by atoms with Gasteiger partial charge in [-0.1, -0.05) is 28.1 Å². The van der Waals surface area contributed by atoms with Gasteiger partial charge >= 0.3 is 0 Å². The van der Waals surface area contributed by atoms with Gasteiger partial charge in [0, 0.05) is 10.0 Å². The van der Waals surface area contributed by atoms with E-state index in [1.165, 1.54) is 6.07 Å². The summed E-state index contributed by atoms with van der Waals surface area (Å²) >= 11 is 3.30. The van der Waals surface area contributed by atoms with E-state index in [9.17, 15) is 18.7 Å². The molecule has 0 radical (unpaired) electrons. The van der Waals surface area contributed by atoms with Crippen LogP contribution in [0, 0.1) is 11.6 Å². The minimum Gasteiger partial charge on any atom is -0.384 e. The predicted octanol–water partition coefficient (Wildman–Crippen LogP) is 3.36. The molecule has 2 aromatic carbocycles. The Morgan fingerprint density at radius 3 is 2.41 bits per heavy atom. The van der Waals surface area contributed by atoms with Crippen LogP contribution in [0.5, 0.6) is 0 Å². The monoisotopic (exact) mass is 369 g/mol. The van der Waals surface area contributed by atoms with Crippen molar-refractivity contribution in [2.75, 3.05) is 6.54 Å². The number of rotatable bonds is 4. The Hall–Kier alpha value is -1.79. The van der Waals surface area contributed by atoms with Crippen LogP contribution < -0.4 is 5.32 Å². The molecular formula is C16H14BrF2NO2. The van der Waals surface area contributed by atoms with E-state index in [0.29, 0.717) is 5.56 Å². The van der Waals surface area contributed by atoms with Crippen molar-refractivity contribution in [2.24, 2.45) is 0 Å². The normalized spacial score (nSPS) is 13.5. The Balaban J connectivity index is 2.06. The fraction of sp³-hybridized carbons (Fsp3) is 0.188. The van der Waals surface area contributed by atoms with Gasteiger partial charge in [0.15, 0.2) is 11.6 Å². The smallest absolute Gasteiger partial charge is 0.251 e. The Bertz CT molecular complexity index is 687. The van der Waals surface area contributed by atoms with Crippen molar-refractivity contribution in [3.8, 4) is 0 Å². The summed E-state index contributed by atoms with van der Waals surface area (Å²) in [6.45, 7) is 1.49. The van der Waals surface area contributed by atoms with Gasteiger partial charge < -0.3 is 10.4 Å². The maximum atomic E-state index is 13.1. The molecule has 3 nitrogen and oxygen atoms in total. The van der Waals surface area contributed by atoms with E-state index < -0.39 is 23.1 Å². The lowest BCUT2D eigenvalue weighted by Gasteiger charge is -2.24. The van der Waals surface area contributed by atoms with Crippen molar-refractivity contribution in [3.05, 3.63) is 69.7 Å². The molecule has 0 aliphatic heterocycles. The number of carbonyl (C=O) groups is 1. The number of benzene rings is 2. The molecule has 2 aromatic rings. The highest BCUT2D eigenvalue weighted by molar-refractivity contribution is 9.10. The summed E-state index contributed by atoms with van der Waals surface area (Å²) in [6, 6.07) is 9.90. The lowest BCUT2D eigenvalue weighted by Crippen LogP contribution is -2.38. The molecule has 0 saturated heterocycles. The molecule has 2 rings (SSSR count). The molecule has 116 valence electrons. The second-order valence-electron chi connectivity index (χ2n) is 5.09. The maximum Gasteiger partial charge on any atom is 0.251 e. The van der Waals surface area contributed by atoms with E-state index in [1.54, 1.807) is 31.2 Å². The fourth-order valence-electron chi connectivity index (χ4n) is 1.90. The van der Waals surface area contributed by atoms with Gasteiger partial charge in [-0.3, -0.25) is 4.79 Å². The van der Waals surface area contributed by atoms with Crippen LogP contribution in [0.1, 0.15) is 22.8 Å². The fourth-order valence-corrected chi connectivity index (χ4v) is 2.17. The molecule has 1 unspecified atom stereocenters. The summed E-state index contributed by atoms with van der Waals surface area (Å²) in [5.41, 5.74) is -0.665. The van der Waals surface area contributed by atoms with Crippen LogP contribution in [0.15, 0.2) is 46.9 Å². The molecule has 1 atom stereocenters. The topological polar surface area (TPSA) is 49.3 Å². The molecule has 1 amide bonds. The Morgan fingerprint density at radius 1 is 1.18 bits per heavy atom. The lowest BCUT2D eigenvalue weighted by molar-refractivity contribution is 0.0526. The van der Waals surface area contributed by atoms with Crippen molar-refractivity contribution in [2.45, 2.75) is 12.5 Å². The molecular weight excluding hydrogens is 356 g/mol. The average Bonchev–Trinajstić information content (AvgIpc) is 2.48. The summed E-state index contributed by atoms with van der Waals surface area (Å²) in [7, 11) is 0. The van der Waals surface area contributed by atoms with E-state index in [2.05, 4.69) is 21.2 Å². The van der Waals surface area contributed by atoms with Gasteiger partial charge in [0.25, 0.3) is 5.91 Å². The zero-order valence-electron chi connectivity index (χ0n) is 11.7. The van der Waals surface area contributed by atoms with Crippen molar-refractivity contribution in [1.29, 1.82) is 0 Å². The maximum absolute atomic E-state index is 13.1. The first-order chi connectivity index (χ1) is 10.3. The standard InChI is InChI=1S/C16H14BrF2NO2/c1-16(22,11-3-5-12(17)6-4-11)9-20-15(21)10-2-7-13(18)14(19)8-10/h2-8,22H,9H2,1H3,(H,20,21). The highest BCUT2D eigenvalue weighted by Crippen LogP contribution is 2.22. The molecule has 0 saturated carbocycles. The third-order valence-corrected chi connectivity index (χ3v) is 3.77. The van der Waals surface area contributed by atoms with Crippen LogP contribution in [0.3, 0.4) is 0 Å². The van der Waals surface area contributed by atoms with Crippen molar-refractivity contribution in [3.63, 3.8) is 0 Å². The first-order valence-electron chi connectivity index (χ1n) is 6.51. The molecule has 0 aliphatic rings. The summed E-state index contributed by atoms with van der Waals surface area (Å²) < 4.78 is 26.8. The summed E-state index contributed by atoms with van der Waals surface area (Å²) in [5.74, 6) is -2.69. The lowest BCUT2D eigenvalue weighted by atomic mass is 9.96. The van der Waals surface area contributed by atoms with Crippen LogP contribution in [0.4, 0.5) is 8.78 Å². The zero-order chi connectivity index (χ0) is 16.3. The quantitative estimate of drug-likeness (QED) is 0.867. The average molecular weight is 370 g/mol. The van der Waals surface area contributed by atoms with Gasteiger partial charge in [-0.05, 0) is 42.8 Å². The van der Waals surface area contributed by atoms with Crippen molar-refractivity contribution >= 4 is 21.8 Å². The largest absolute Gasteiger partial charge is 0.384 e. The molecule has 0 spiro atoms. The number of amides is 1. The third-order valence-electron chi connectivity index (χ3n) is 3.24. The molecule has 22 heavy (non-hydrogen) atoms. The van der Waals surface area contributed by atoms with Crippen LogP contribution >= 0.6 is 15.9 Å².